The molecule has 210 valence electrons. The molecule has 1 aromatic rings. The van der Waals surface area contributed by atoms with Crippen LogP contribution in [-0.4, -0.2) is 34.2 Å². The Balaban J connectivity index is 0.000000270. The van der Waals surface area contributed by atoms with Crippen molar-refractivity contribution in [3.8, 4) is 11.5 Å². The molecule has 0 saturated heterocycles. The fourth-order valence-corrected chi connectivity index (χ4v) is 8.16. The summed E-state index contributed by atoms with van der Waals surface area (Å²) < 4.78 is 10.5. The van der Waals surface area contributed by atoms with E-state index in [0.717, 1.165) is 25.7 Å². The van der Waals surface area contributed by atoms with E-state index in [1.807, 2.05) is 6.08 Å². The molecular weight excluding hydrogens is 496 g/mol. The van der Waals surface area contributed by atoms with Gasteiger partial charge in [-0.05, 0) is 105 Å². The van der Waals surface area contributed by atoms with Gasteiger partial charge in [-0.3, -0.25) is 19.2 Å². The molecule has 0 aliphatic heterocycles. The Bertz CT molecular complexity index is 1240. The lowest BCUT2D eigenvalue weighted by Gasteiger charge is -2.58. The molecule has 0 radical (unpaired) electrons. The molecule has 2 fully saturated rings. The molecule has 7 nitrogen and oxygen atoms in total. The van der Waals surface area contributed by atoms with Gasteiger partial charge in [0.05, 0.1) is 0 Å². The molecule has 4 aliphatic rings. The molecular formula is C32H40O7. The SMILES string of the molecule is CC(=O)OC1(C(C)=O)CCC2C3C=C(C)C4=CC(=O)CCC4(C)C3CCC21C.CC(=O)Oc1ccc(O)cc1. The van der Waals surface area contributed by atoms with Crippen LogP contribution in [0.3, 0.4) is 0 Å². The van der Waals surface area contributed by atoms with Crippen LogP contribution in [0, 0.1) is 28.6 Å². The fourth-order valence-electron chi connectivity index (χ4n) is 8.16. The van der Waals surface area contributed by atoms with Gasteiger partial charge in [-0.15, -0.1) is 0 Å². The Kier molecular flexibility index (Phi) is 7.67. The van der Waals surface area contributed by atoms with Gasteiger partial charge in [0.15, 0.2) is 17.2 Å². The van der Waals surface area contributed by atoms with Crippen LogP contribution in [0.5, 0.6) is 11.5 Å². The summed E-state index contributed by atoms with van der Waals surface area (Å²) in [7, 11) is 0. The average Bonchev–Trinajstić information content (AvgIpc) is 3.15. The maximum atomic E-state index is 12.8. The summed E-state index contributed by atoms with van der Waals surface area (Å²) in [4.78, 5) is 47.2. The zero-order chi connectivity index (χ0) is 28.8. The first-order valence-electron chi connectivity index (χ1n) is 13.9. The smallest absolute Gasteiger partial charge is 0.308 e. The van der Waals surface area contributed by atoms with Gasteiger partial charge in [0.25, 0.3) is 0 Å². The number of Topliss-reactive ketones (excluding diaryl/α,β-unsaturated/α-hetero) is 1. The van der Waals surface area contributed by atoms with E-state index in [1.54, 1.807) is 6.92 Å². The average molecular weight is 537 g/mol. The van der Waals surface area contributed by atoms with Crippen molar-refractivity contribution in [3.05, 3.63) is 47.6 Å². The number of rotatable bonds is 3. The van der Waals surface area contributed by atoms with E-state index >= 15 is 0 Å². The van der Waals surface area contributed by atoms with E-state index in [1.165, 1.54) is 49.3 Å². The number of phenols is 1. The van der Waals surface area contributed by atoms with Crippen LogP contribution in [-0.2, 0) is 23.9 Å². The van der Waals surface area contributed by atoms with Crippen LogP contribution in [0.25, 0.3) is 0 Å². The van der Waals surface area contributed by atoms with Crippen molar-refractivity contribution < 1.29 is 33.8 Å². The molecule has 0 heterocycles. The van der Waals surface area contributed by atoms with Gasteiger partial charge >= 0.3 is 11.9 Å². The van der Waals surface area contributed by atoms with Crippen molar-refractivity contribution in [2.75, 3.05) is 0 Å². The summed E-state index contributed by atoms with van der Waals surface area (Å²) in [5, 5.41) is 8.85. The van der Waals surface area contributed by atoms with E-state index in [-0.39, 0.29) is 40.1 Å². The largest absolute Gasteiger partial charge is 0.508 e. The monoisotopic (exact) mass is 536 g/mol. The molecule has 0 bridgehead atoms. The van der Waals surface area contributed by atoms with Crippen molar-refractivity contribution in [1.29, 1.82) is 0 Å². The number of allylic oxidation sites excluding steroid dienone is 4. The molecule has 1 aromatic carbocycles. The molecule has 39 heavy (non-hydrogen) atoms. The van der Waals surface area contributed by atoms with E-state index < -0.39 is 5.60 Å². The first kappa shape index (κ1) is 28.8. The van der Waals surface area contributed by atoms with Crippen molar-refractivity contribution in [3.63, 3.8) is 0 Å². The Morgan fingerprint density at radius 1 is 0.923 bits per heavy atom. The van der Waals surface area contributed by atoms with Gasteiger partial charge in [-0.2, -0.15) is 0 Å². The molecule has 0 amide bonds. The van der Waals surface area contributed by atoms with E-state index in [2.05, 4.69) is 26.8 Å². The summed E-state index contributed by atoms with van der Waals surface area (Å²) in [6.45, 7) is 11.0. The standard InChI is InChI=1S/C24H32O4.C8H8O3/c1-14-12-18-19(22(4)9-6-17(27)13-21(14)22)7-10-23(5)20(18)8-11-24(23,15(2)25)28-16(3)26;1-6(9)11-8-4-2-7(10)3-5-8/h12-13,18-20H,6-11H2,1-5H3;2-5,10H,1H3. The summed E-state index contributed by atoms with van der Waals surface area (Å²) in [5.74, 6) is 1.26. The molecule has 4 aliphatic carbocycles. The number of aromatic hydroxyl groups is 1. The number of ketones is 2. The highest BCUT2D eigenvalue weighted by atomic mass is 16.6. The number of hydrogen-bond acceptors (Lipinski definition) is 7. The highest BCUT2D eigenvalue weighted by Gasteiger charge is 2.67. The van der Waals surface area contributed by atoms with Crippen molar-refractivity contribution >= 4 is 23.5 Å². The Hall–Kier alpha value is -3.22. The lowest BCUT2D eigenvalue weighted by molar-refractivity contribution is -0.185. The van der Waals surface area contributed by atoms with Gasteiger partial charge in [0.1, 0.15) is 11.5 Å². The van der Waals surface area contributed by atoms with Crippen molar-refractivity contribution in [2.24, 2.45) is 28.6 Å². The maximum absolute atomic E-state index is 12.8. The second kappa shape index (κ2) is 10.4. The van der Waals surface area contributed by atoms with Crippen LogP contribution < -0.4 is 4.74 Å². The predicted molar refractivity (Wildman–Crippen MR) is 146 cm³/mol. The first-order chi connectivity index (χ1) is 18.2. The minimum absolute atomic E-state index is 0.0160. The third-order valence-electron chi connectivity index (χ3n) is 9.93. The Labute approximate surface area is 230 Å². The molecule has 2 saturated carbocycles. The minimum atomic E-state index is -0.990. The number of esters is 2. The zero-order valence-electron chi connectivity index (χ0n) is 23.8. The molecule has 0 spiro atoms. The topological polar surface area (TPSA) is 107 Å². The van der Waals surface area contributed by atoms with Crippen LogP contribution >= 0.6 is 0 Å². The molecule has 0 aromatic heterocycles. The lowest BCUT2D eigenvalue weighted by Crippen LogP contribution is -2.58. The molecule has 6 atom stereocenters. The number of ether oxygens (including phenoxy) is 2. The predicted octanol–water partition coefficient (Wildman–Crippen LogP) is 5.89. The molecule has 5 rings (SSSR count). The normalized spacial score (nSPS) is 34.6. The Morgan fingerprint density at radius 2 is 1.56 bits per heavy atom. The van der Waals surface area contributed by atoms with Gasteiger partial charge in [0, 0.05) is 25.7 Å². The number of fused-ring (bicyclic) bond motifs is 5. The summed E-state index contributed by atoms with van der Waals surface area (Å²) in [5.41, 5.74) is 1.15. The third kappa shape index (κ3) is 4.96. The zero-order valence-corrected chi connectivity index (χ0v) is 23.8. The highest BCUT2D eigenvalue weighted by molar-refractivity contribution is 5.92. The number of hydrogen-bond donors (Lipinski definition) is 1. The van der Waals surface area contributed by atoms with Crippen LogP contribution in [0.15, 0.2) is 47.6 Å². The van der Waals surface area contributed by atoms with E-state index in [9.17, 15) is 19.2 Å². The van der Waals surface area contributed by atoms with E-state index in [4.69, 9.17) is 14.6 Å². The Morgan fingerprint density at radius 3 is 2.15 bits per heavy atom. The van der Waals surface area contributed by atoms with Gasteiger partial charge < -0.3 is 14.6 Å². The maximum Gasteiger partial charge on any atom is 0.308 e. The quantitative estimate of drug-likeness (QED) is 0.379. The van der Waals surface area contributed by atoms with Gasteiger partial charge in [0.2, 0.25) is 0 Å². The molecule has 6 unspecified atom stereocenters. The number of carbonyl (C=O) groups excluding carboxylic acids is 4. The number of carbonyl (C=O) groups is 4. The van der Waals surface area contributed by atoms with Gasteiger partial charge in [-0.1, -0.05) is 25.5 Å². The molecule has 7 heteroatoms. The fraction of sp³-hybridized carbons (Fsp3) is 0.562. The van der Waals surface area contributed by atoms with Gasteiger partial charge in [-0.25, -0.2) is 0 Å². The summed E-state index contributed by atoms with van der Waals surface area (Å²) >= 11 is 0. The second-order valence-electron chi connectivity index (χ2n) is 12.1. The summed E-state index contributed by atoms with van der Waals surface area (Å²) in [6.07, 6.45) is 9.20. The van der Waals surface area contributed by atoms with Crippen LogP contribution in [0.2, 0.25) is 0 Å². The summed E-state index contributed by atoms with van der Waals surface area (Å²) in [6, 6.07) is 5.96. The number of phenolic OH excluding ortho intramolecular Hbond substituents is 1. The number of benzene rings is 1. The second-order valence-corrected chi connectivity index (χ2v) is 12.1. The molecule has 1 N–H and O–H groups in total. The van der Waals surface area contributed by atoms with Crippen LogP contribution in [0.4, 0.5) is 0 Å². The first-order valence-corrected chi connectivity index (χ1v) is 13.9. The highest BCUT2D eigenvalue weighted by Crippen LogP contribution is 2.67. The van der Waals surface area contributed by atoms with Crippen LogP contribution in [0.1, 0.15) is 80.1 Å². The van der Waals surface area contributed by atoms with Crippen molar-refractivity contribution in [2.45, 2.75) is 85.7 Å². The minimum Gasteiger partial charge on any atom is -0.508 e. The third-order valence-corrected chi connectivity index (χ3v) is 9.93. The lowest BCUT2D eigenvalue weighted by atomic mass is 9.47. The van der Waals surface area contributed by atoms with Crippen molar-refractivity contribution in [1.82, 2.24) is 0 Å². The van der Waals surface area contributed by atoms with E-state index in [0.29, 0.717) is 36.3 Å².